The molecule has 5 nitrogen and oxygen atoms in total. The summed E-state index contributed by atoms with van der Waals surface area (Å²) < 4.78 is 11.8. The first-order chi connectivity index (χ1) is 14.7. The van der Waals surface area contributed by atoms with Crippen molar-refractivity contribution in [2.45, 2.75) is 78.4 Å². The molecule has 0 aromatic heterocycles. The average molecular weight is 458 g/mol. The average Bonchev–Trinajstić information content (AvgIpc) is 2.95. The highest BCUT2D eigenvalue weighted by Gasteiger charge is 2.43. The van der Waals surface area contributed by atoms with Crippen molar-refractivity contribution in [3.05, 3.63) is 58.6 Å². The summed E-state index contributed by atoms with van der Waals surface area (Å²) in [7, 11) is 0. The zero-order chi connectivity index (χ0) is 23.8. The Morgan fingerprint density at radius 1 is 0.969 bits per heavy atom. The molecule has 1 amide bonds. The molecule has 0 fully saturated rings. The number of carbonyl (C=O) groups is 2. The highest BCUT2D eigenvalue weighted by atomic mass is 35.5. The highest BCUT2D eigenvalue weighted by molar-refractivity contribution is 6.30. The molecule has 1 aliphatic rings. The van der Waals surface area contributed by atoms with Crippen LogP contribution >= 0.6 is 11.6 Å². The third-order valence-electron chi connectivity index (χ3n) is 5.08. The maximum Gasteiger partial charge on any atom is 0.332 e. The van der Waals surface area contributed by atoms with Gasteiger partial charge in [0.15, 0.2) is 6.04 Å². The summed E-state index contributed by atoms with van der Waals surface area (Å²) in [6.07, 6.45) is -0.543. The molecule has 0 radical (unpaired) electrons. The van der Waals surface area contributed by atoms with Crippen LogP contribution < -0.4 is 0 Å². The Morgan fingerprint density at radius 3 is 2.12 bits per heavy atom. The quantitative estimate of drug-likeness (QED) is 0.526. The Balaban J connectivity index is 1.93. The van der Waals surface area contributed by atoms with Crippen LogP contribution in [0.5, 0.6) is 0 Å². The fourth-order valence-corrected chi connectivity index (χ4v) is 4.07. The fourth-order valence-electron chi connectivity index (χ4n) is 3.95. The van der Waals surface area contributed by atoms with Crippen LogP contribution in [0.3, 0.4) is 0 Å². The van der Waals surface area contributed by atoms with Crippen molar-refractivity contribution in [2.24, 2.45) is 0 Å². The molecule has 3 rings (SSSR count). The molecule has 2 aromatic rings. The van der Waals surface area contributed by atoms with E-state index in [2.05, 4.69) is 0 Å². The summed E-state index contributed by atoms with van der Waals surface area (Å²) in [5.74, 6) is -0.656. The van der Waals surface area contributed by atoms with E-state index in [1.165, 1.54) is 0 Å². The summed E-state index contributed by atoms with van der Waals surface area (Å²) in [5, 5.41) is 0.671. The monoisotopic (exact) mass is 457 g/mol. The van der Waals surface area contributed by atoms with Crippen LogP contribution in [-0.2, 0) is 20.8 Å². The van der Waals surface area contributed by atoms with E-state index in [0.29, 0.717) is 17.1 Å². The largest absolute Gasteiger partial charge is 0.458 e. The van der Waals surface area contributed by atoms with Gasteiger partial charge in [0.1, 0.15) is 5.60 Å². The molecule has 2 aromatic carbocycles. The molecular weight excluding hydrogens is 426 g/mol. The molecule has 172 valence electrons. The van der Waals surface area contributed by atoms with E-state index in [9.17, 15) is 9.59 Å². The molecule has 0 unspecified atom stereocenters. The summed E-state index contributed by atoms with van der Waals surface area (Å²) >= 11 is 6.01. The van der Waals surface area contributed by atoms with Gasteiger partial charge < -0.3 is 14.4 Å². The van der Waals surface area contributed by atoms with Crippen molar-refractivity contribution in [3.8, 4) is 11.1 Å². The van der Waals surface area contributed by atoms with Gasteiger partial charge in [0.2, 0.25) is 0 Å². The predicted molar refractivity (Wildman–Crippen MR) is 127 cm³/mol. The van der Waals surface area contributed by atoms with Gasteiger partial charge >= 0.3 is 5.97 Å². The zero-order valence-corrected chi connectivity index (χ0v) is 20.6. The molecule has 32 heavy (non-hydrogen) atoms. The van der Waals surface area contributed by atoms with Crippen molar-refractivity contribution in [2.75, 3.05) is 0 Å². The zero-order valence-electron chi connectivity index (χ0n) is 19.9. The number of ether oxygens (including phenoxy) is 2. The maximum absolute atomic E-state index is 13.3. The van der Waals surface area contributed by atoms with Crippen molar-refractivity contribution in [1.82, 2.24) is 4.90 Å². The molecule has 0 saturated heterocycles. The van der Waals surface area contributed by atoms with Crippen LogP contribution in [0.25, 0.3) is 11.1 Å². The summed E-state index contributed by atoms with van der Waals surface area (Å²) in [5.41, 5.74) is 2.32. The number of fused-ring (bicyclic) bond motifs is 1. The van der Waals surface area contributed by atoms with Crippen LogP contribution in [0, 0.1) is 0 Å². The molecule has 2 atom stereocenters. The summed E-state index contributed by atoms with van der Waals surface area (Å²) in [6, 6.07) is 12.5. The van der Waals surface area contributed by atoms with Gasteiger partial charge in [0, 0.05) is 17.1 Å². The lowest BCUT2D eigenvalue weighted by Crippen LogP contribution is -2.52. The van der Waals surface area contributed by atoms with E-state index in [4.69, 9.17) is 21.1 Å². The molecule has 6 heteroatoms. The Kier molecular flexibility index (Phi) is 6.73. The van der Waals surface area contributed by atoms with Crippen molar-refractivity contribution >= 4 is 23.5 Å². The first-order valence-corrected chi connectivity index (χ1v) is 11.2. The van der Waals surface area contributed by atoms with Crippen molar-refractivity contribution in [3.63, 3.8) is 0 Å². The lowest BCUT2D eigenvalue weighted by molar-refractivity contribution is -0.170. The van der Waals surface area contributed by atoms with Gasteiger partial charge in [0.05, 0.1) is 11.7 Å². The van der Waals surface area contributed by atoms with Gasteiger partial charge in [-0.3, -0.25) is 4.79 Å². The van der Waals surface area contributed by atoms with E-state index < -0.39 is 29.3 Å². The number of amides is 1. The fraction of sp³-hybridized carbons (Fsp3) is 0.462. The van der Waals surface area contributed by atoms with Gasteiger partial charge in [-0.2, -0.15) is 0 Å². The highest BCUT2D eigenvalue weighted by Crippen LogP contribution is 2.32. The van der Waals surface area contributed by atoms with Gasteiger partial charge in [-0.1, -0.05) is 29.8 Å². The van der Waals surface area contributed by atoms with E-state index in [-0.39, 0.29) is 5.91 Å². The van der Waals surface area contributed by atoms with Gasteiger partial charge in [-0.25, -0.2) is 4.79 Å². The molecule has 0 bridgehead atoms. The van der Waals surface area contributed by atoms with Gasteiger partial charge in [-0.15, -0.1) is 0 Å². The Labute approximate surface area is 195 Å². The van der Waals surface area contributed by atoms with Gasteiger partial charge in [0.25, 0.3) is 5.91 Å². The molecule has 0 saturated carbocycles. The second-order valence-electron chi connectivity index (χ2n) is 10.2. The van der Waals surface area contributed by atoms with Crippen LogP contribution in [-0.4, -0.2) is 40.1 Å². The molecule has 0 N–H and O–H groups in total. The number of carbonyl (C=O) groups excluding carboxylic acids is 2. The molecule has 0 spiro atoms. The lowest BCUT2D eigenvalue weighted by atomic mass is 10.0. The standard InChI is InChI=1S/C26H32ClNO4/c1-16(31-25(2,3)4)22(24(30)32-26(5,6)7)28-15-19-14-18(10-13-21(19)23(28)29)17-8-11-20(27)12-9-17/h8-14,16,22H,15H2,1-7H3/t16-,22+/m1/s1. The first kappa shape index (κ1) is 24.3. The van der Waals surface area contributed by atoms with Crippen molar-refractivity contribution in [1.29, 1.82) is 0 Å². The number of benzene rings is 2. The van der Waals surface area contributed by atoms with Gasteiger partial charge in [-0.05, 0) is 89.4 Å². The minimum atomic E-state index is -0.854. The SMILES string of the molecule is C[C@@H](OC(C)(C)C)[C@@H](C(=O)OC(C)(C)C)N1Cc2cc(-c3ccc(Cl)cc3)ccc2C1=O. The van der Waals surface area contributed by atoms with Crippen molar-refractivity contribution < 1.29 is 19.1 Å². The second kappa shape index (κ2) is 8.87. The third-order valence-corrected chi connectivity index (χ3v) is 5.33. The number of halogens is 1. The van der Waals surface area contributed by atoms with Crippen LogP contribution in [0.1, 0.15) is 64.4 Å². The van der Waals surface area contributed by atoms with E-state index in [1.807, 2.05) is 90.9 Å². The number of rotatable bonds is 5. The Hall–Kier alpha value is -2.37. The van der Waals surface area contributed by atoms with E-state index >= 15 is 0 Å². The molecule has 0 aliphatic carbocycles. The number of hydrogen-bond donors (Lipinski definition) is 0. The molecular formula is C26H32ClNO4. The minimum Gasteiger partial charge on any atom is -0.458 e. The Bertz CT molecular complexity index is 1000. The predicted octanol–water partition coefficient (Wildman–Crippen LogP) is 5.88. The lowest BCUT2D eigenvalue weighted by Gasteiger charge is -2.36. The third kappa shape index (κ3) is 5.70. The molecule has 1 heterocycles. The summed E-state index contributed by atoms with van der Waals surface area (Å²) in [6.45, 7) is 13.4. The van der Waals surface area contributed by atoms with Crippen LogP contribution in [0.15, 0.2) is 42.5 Å². The first-order valence-electron chi connectivity index (χ1n) is 10.9. The normalized spacial score (nSPS) is 16.0. The maximum atomic E-state index is 13.3. The van der Waals surface area contributed by atoms with E-state index in [1.54, 1.807) is 4.90 Å². The van der Waals surface area contributed by atoms with Crippen LogP contribution in [0.2, 0.25) is 5.02 Å². The topological polar surface area (TPSA) is 55.8 Å². The molecule has 1 aliphatic heterocycles. The smallest absolute Gasteiger partial charge is 0.332 e. The minimum absolute atomic E-state index is 0.192. The second-order valence-corrected chi connectivity index (χ2v) is 10.7. The number of nitrogens with zero attached hydrogens (tertiary/aromatic N) is 1. The summed E-state index contributed by atoms with van der Waals surface area (Å²) in [4.78, 5) is 28.1. The Morgan fingerprint density at radius 2 is 1.56 bits per heavy atom. The number of hydrogen-bond acceptors (Lipinski definition) is 4. The van der Waals surface area contributed by atoms with Crippen LogP contribution in [0.4, 0.5) is 0 Å². The number of esters is 1. The van der Waals surface area contributed by atoms with E-state index in [0.717, 1.165) is 16.7 Å².